The molecule has 7 nitrogen and oxygen atoms in total. The fourth-order valence-electron chi connectivity index (χ4n) is 4.21. The van der Waals surface area contributed by atoms with Gasteiger partial charge >= 0.3 is 12.1 Å². The van der Waals surface area contributed by atoms with Crippen LogP contribution in [0.3, 0.4) is 0 Å². The van der Waals surface area contributed by atoms with Crippen molar-refractivity contribution in [1.82, 2.24) is 10.6 Å². The van der Waals surface area contributed by atoms with E-state index in [1.807, 2.05) is 38.1 Å². The average molecular weight is 453 g/mol. The van der Waals surface area contributed by atoms with Gasteiger partial charge in [0, 0.05) is 18.4 Å². The highest BCUT2D eigenvalue weighted by atomic mass is 16.5. The number of rotatable bonds is 10. The zero-order valence-corrected chi connectivity index (χ0v) is 19.3. The lowest BCUT2D eigenvalue weighted by atomic mass is 9.97. The van der Waals surface area contributed by atoms with Crippen LogP contribution in [0.15, 0.2) is 48.5 Å². The molecule has 3 rings (SSSR count). The Morgan fingerprint density at radius 1 is 0.970 bits per heavy atom. The molecule has 3 N–H and O–H groups in total. The molecule has 0 bridgehead atoms. The molecule has 1 aliphatic carbocycles. The van der Waals surface area contributed by atoms with Gasteiger partial charge in [0.1, 0.15) is 12.6 Å². The zero-order chi connectivity index (χ0) is 24.0. The normalized spacial score (nSPS) is 15.0. The molecule has 2 amide bonds. The van der Waals surface area contributed by atoms with Crippen molar-refractivity contribution in [1.29, 1.82) is 0 Å². The molecule has 1 aliphatic rings. The van der Waals surface area contributed by atoms with E-state index < -0.39 is 18.1 Å². The minimum atomic E-state index is -0.911. The molecule has 0 heterocycles. The molecule has 0 aromatic heterocycles. The van der Waals surface area contributed by atoms with Gasteiger partial charge in [-0.3, -0.25) is 9.59 Å². The van der Waals surface area contributed by atoms with Crippen molar-refractivity contribution in [2.24, 2.45) is 5.92 Å². The van der Waals surface area contributed by atoms with Gasteiger partial charge in [0.2, 0.25) is 5.91 Å². The van der Waals surface area contributed by atoms with E-state index in [1.165, 1.54) is 0 Å². The van der Waals surface area contributed by atoms with Gasteiger partial charge in [-0.2, -0.15) is 0 Å². The number of aliphatic carboxylic acids is 1. The van der Waals surface area contributed by atoms with Gasteiger partial charge in [-0.05, 0) is 41.5 Å². The minimum absolute atomic E-state index is 0.0325. The largest absolute Gasteiger partial charge is 0.481 e. The molecule has 0 fully saturated rings. The molecule has 2 aromatic rings. The topological polar surface area (TPSA) is 105 Å². The van der Waals surface area contributed by atoms with Gasteiger partial charge in [0.15, 0.2) is 0 Å². The van der Waals surface area contributed by atoms with Crippen LogP contribution in [0.25, 0.3) is 11.1 Å². The third-order valence-corrected chi connectivity index (χ3v) is 6.29. The molecule has 33 heavy (non-hydrogen) atoms. The number of carbonyl (C=O) groups is 3. The molecule has 0 radical (unpaired) electrons. The number of ether oxygens (including phenoxy) is 1. The summed E-state index contributed by atoms with van der Waals surface area (Å²) in [5.41, 5.74) is 4.54. The third-order valence-electron chi connectivity index (χ3n) is 6.29. The summed E-state index contributed by atoms with van der Waals surface area (Å²) in [5.74, 6) is -1.42. The fourth-order valence-corrected chi connectivity index (χ4v) is 4.21. The number of hydrogen-bond donors (Lipinski definition) is 3. The van der Waals surface area contributed by atoms with Gasteiger partial charge in [0.25, 0.3) is 0 Å². The number of alkyl carbamates (subject to hydrolysis) is 1. The maximum atomic E-state index is 12.8. The summed E-state index contributed by atoms with van der Waals surface area (Å²) in [6.07, 6.45) is 0.329. The maximum Gasteiger partial charge on any atom is 0.407 e. The van der Waals surface area contributed by atoms with Crippen LogP contribution in [0, 0.1) is 5.92 Å². The number of nitrogens with one attached hydrogen (secondary N) is 2. The van der Waals surface area contributed by atoms with E-state index in [0.717, 1.165) is 22.3 Å². The van der Waals surface area contributed by atoms with Crippen molar-refractivity contribution in [3.8, 4) is 11.1 Å². The molecule has 7 heteroatoms. The monoisotopic (exact) mass is 452 g/mol. The van der Waals surface area contributed by atoms with Gasteiger partial charge in [-0.1, -0.05) is 68.8 Å². The number of fused-ring (bicyclic) bond motifs is 3. The summed E-state index contributed by atoms with van der Waals surface area (Å²) < 4.78 is 5.59. The Morgan fingerprint density at radius 3 is 2.09 bits per heavy atom. The highest BCUT2D eigenvalue weighted by molar-refractivity contribution is 5.86. The molecule has 0 saturated heterocycles. The molecule has 0 spiro atoms. The van der Waals surface area contributed by atoms with Crippen LogP contribution in [-0.4, -0.2) is 41.8 Å². The van der Waals surface area contributed by atoms with E-state index in [1.54, 1.807) is 6.92 Å². The quantitative estimate of drug-likeness (QED) is 0.498. The van der Waals surface area contributed by atoms with E-state index in [9.17, 15) is 14.4 Å². The first-order valence-electron chi connectivity index (χ1n) is 11.5. The SMILES string of the molecule is CCC(C)C(NC(=O)OCC1c2ccccc2-c2ccccc21)C(=O)NC(C)CCC(=O)O. The van der Waals surface area contributed by atoms with E-state index in [2.05, 4.69) is 34.9 Å². The fraction of sp³-hybridized carbons (Fsp3) is 0.423. The maximum absolute atomic E-state index is 12.8. The molecule has 176 valence electrons. The first-order valence-corrected chi connectivity index (χ1v) is 11.5. The lowest BCUT2D eigenvalue weighted by molar-refractivity contribution is -0.137. The highest BCUT2D eigenvalue weighted by Crippen LogP contribution is 2.44. The highest BCUT2D eigenvalue weighted by Gasteiger charge is 2.31. The lowest BCUT2D eigenvalue weighted by Crippen LogP contribution is -2.52. The summed E-state index contributed by atoms with van der Waals surface area (Å²) in [7, 11) is 0. The Hall–Kier alpha value is -3.35. The summed E-state index contributed by atoms with van der Waals surface area (Å²) in [6, 6.07) is 15.1. The van der Waals surface area contributed by atoms with E-state index in [0.29, 0.717) is 12.8 Å². The van der Waals surface area contributed by atoms with Crippen molar-refractivity contribution >= 4 is 18.0 Å². The molecule has 0 aliphatic heterocycles. The number of carbonyl (C=O) groups excluding carboxylic acids is 2. The second-order valence-electron chi connectivity index (χ2n) is 8.68. The van der Waals surface area contributed by atoms with E-state index >= 15 is 0 Å². The summed E-state index contributed by atoms with van der Waals surface area (Å²) in [5, 5.41) is 14.4. The third kappa shape index (κ3) is 5.92. The van der Waals surface area contributed by atoms with Crippen molar-refractivity contribution in [2.45, 2.75) is 58.0 Å². The van der Waals surface area contributed by atoms with Crippen molar-refractivity contribution in [3.05, 3.63) is 59.7 Å². The van der Waals surface area contributed by atoms with Crippen molar-refractivity contribution in [2.75, 3.05) is 6.61 Å². The van der Waals surface area contributed by atoms with E-state index in [-0.39, 0.29) is 36.8 Å². The van der Waals surface area contributed by atoms with Crippen LogP contribution in [0.4, 0.5) is 4.79 Å². The first kappa shape index (κ1) is 24.3. The Kier molecular flexibility index (Phi) is 8.09. The predicted molar refractivity (Wildman–Crippen MR) is 126 cm³/mol. The van der Waals surface area contributed by atoms with Crippen molar-refractivity contribution in [3.63, 3.8) is 0 Å². The Bertz CT molecular complexity index is 960. The molecule has 0 saturated carbocycles. The Balaban J connectivity index is 1.63. The first-order chi connectivity index (χ1) is 15.8. The second kappa shape index (κ2) is 11.0. The van der Waals surface area contributed by atoms with Gasteiger partial charge < -0.3 is 20.5 Å². The Labute approximate surface area is 194 Å². The number of benzene rings is 2. The van der Waals surface area contributed by atoms with Crippen LogP contribution in [0.1, 0.15) is 57.1 Å². The zero-order valence-electron chi connectivity index (χ0n) is 19.3. The lowest BCUT2D eigenvalue weighted by Gasteiger charge is -2.25. The van der Waals surface area contributed by atoms with Gasteiger partial charge in [-0.25, -0.2) is 4.79 Å². The minimum Gasteiger partial charge on any atom is -0.481 e. The predicted octanol–water partition coefficient (Wildman–Crippen LogP) is 4.31. The number of amides is 2. The standard InChI is InChI=1S/C26H32N2O5/c1-4-16(2)24(25(31)27-17(3)13-14-23(29)30)28-26(32)33-15-22-20-11-7-5-9-18(20)19-10-6-8-12-21(19)22/h5-12,16-17,22,24H,4,13-15H2,1-3H3,(H,27,31)(H,28,32)(H,29,30). The molecular weight excluding hydrogens is 420 g/mol. The van der Waals surface area contributed by atoms with Crippen LogP contribution in [0.5, 0.6) is 0 Å². The summed E-state index contributed by atoms with van der Waals surface area (Å²) in [6.45, 7) is 5.75. The number of carboxylic acids is 1. The molecule has 3 unspecified atom stereocenters. The van der Waals surface area contributed by atoms with Crippen LogP contribution < -0.4 is 10.6 Å². The number of carboxylic acid groups (broad SMARTS) is 1. The number of hydrogen-bond acceptors (Lipinski definition) is 4. The average Bonchev–Trinajstić information content (AvgIpc) is 3.13. The van der Waals surface area contributed by atoms with Crippen molar-refractivity contribution < 1.29 is 24.2 Å². The van der Waals surface area contributed by atoms with Crippen LogP contribution in [0.2, 0.25) is 0 Å². The van der Waals surface area contributed by atoms with Gasteiger partial charge in [-0.15, -0.1) is 0 Å². The molecule has 3 atom stereocenters. The smallest absolute Gasteiger partial charge is 0.407 e. The second-order valence-corrected chi connectivity index (χ2v) is 8.68. The summed E-state index contributed by atoms with van der Waals surface area (Å²) in [4.78, 5) is 36.2. The molecular formula is C26H32N2O5. The van der Waals surface area contributed by atoms with Crippen LogP contribution >= 0.6 is 0 Å². The van der Waals surface area contributed by atoms with Gasteiger partial charge in [0.05, 0.1) is 0 Å². The van der Waals surface area contributed by atoms with E-state index in [4.69, 9.17) is 9.84 Å². The molecule has 2 aromatic carbocycles. The summed E-state index contributed by atoms with van der Waals surface area (Å²) >= 11 is 0. The Morgan fingerprint density at radius 2 is 1.55 bits per heavy atom. The van der Waals surface area contributed by atoms with Crippen LogP contribution in [-0.2, 0) is 14.3 Å².